The van der Waals surface area contributed by atoms with Gasteiger partial charge in [0, 0.05) is 32.8 Å². The monoisotopic (exact) mass is 402 g/mol. The van der Waals surface area contributed by atoms with Gasteiger partial charge < -0.3 is 15.4 Å². The molecule has 0 saturated carbocycles. The molecule has 1 unspecified atom stereocenters. The Hall–Kier alpha value is -2.45. The fourth-order valence-electron chi connectivity index (χ4n) is 4.44. The van der Waals surface area contributed by atoms with Crippen LogP contribution in [0.2, 0.25) is 0 Å². The van der Waals surface area contributed by atoms with Gasteiger partial charge in [-0.05, 0) is 31.7 Å². The Balaban J connectivity index is 1.80. The van der Waals surface area contributed by atoms with Crippen LogP contribution in [-0.2, 0) is 20.7 Å². The molecule has 4 amide bonds. The zero-order valence-electron chi connectivity index (χ0n) is 17.2. The first-order chi connectivity index (χ1) is 13.9. The van der Waals surface area contributed by atoms with E-state index in [1.165, 1.54) is 0 Å². The molecule has 0 aliphatic carbocycles. The Morgan fingerprint density at radius 2 is 1.86 bits per heavy atom. The maximum Gasteiger partial charge on any atom is 0.328 e. The summed E-state index contributed by atoms with van der Waals surface area (Å²) < 4.78 is 5.25. The maximum absolute atomic E-state index is 13.3. The smallest absolute Gasteiger partial charge is 0.328 e. The second-order valence-electron chi connectivity index (χ2n) is 7.90. The van der Waals surface area contributed by atoms with Crippen LogP contribution >= 0.6 is 0 Å². The summed E-state index contributed by atoms with van der Waals surface area (Å²) in [6.07, 6.45) is 1.72. The number of hydrogen-bond acceptors (Lipinski definition) is 5. The summed E-state index contributed by atoms with van der Waals surface area (Å²) in [6, 6.07) is 9.69. The zero-order chi connectivity index (χ0) is 21.0. The SMILES string of the molecule is COCC(C)N1CCC2(CC1)C(=O)N(CC(N)=O)C(=O)N2CCc1ccccc1. The van der Waals surface area contributed by atoms with Gasteiger partial charge >= 0.3 is 6.03 Å². The van der Waals surface area contributed by atoms with Gasteiger partial charge in [-0.3, -0.25) is 19.4 Å². The van der Waals surface area contributed by atoms with Crippen molar-refractivity contribution in [3.05, 3.63) is 35.9 Å². The van der Waals surface area contributed by atoms with Crippen LogP contribution in [0, 0.1) is 0 Å². The van der Waals surface area contributed by atoms with Gasteiger partial charge in [0.25, 0.3) is 5.91 Å². The minimum Gasteiger partial charge on any atom is -0.383 e. The number of carbonyl (C=O) groups is 3. The molecular weight excluding hydrogens is 372 g/mol. The number of rotatable bonds is 8. The predicted molar refractivity (Wildman–Crippen MR) is 108 cm³/mol. The Morgan fingerprint density at radius 3 is 2.45 bits per heavy atom. The normalized spacial score (nSPS) is 20.5. The fourth-order valence-corrected chi connectivity index (χ4v) is 4.44. The molecule has 0 bridgehead atoms. The van der Waals surface area contributed by atoms with Crippen LogP contribution in [0.15, 0.2) is 30.3 Å². The average molecular weight is 402 g/mol. The number of piperidine rings is 1. The third kappa shape index (κ3) is 4.28. The number of carbonyl (C=O) groups excluding carboxylic acids is 3. The molecule has 29 heavy (non-hydrogen) atoms. The molecule has 1 atom stereocenters. The van der Waals surface area contributed by atoms with Crippen molar-refractivity contribution in [3.8, 4) is 0 Å². The minimum absolute atomic E-state index is 0.240. The highest BCUT2D eigenvalue weighted by Crippen LogP contribution is 2.37. The number of likely N-dealkylation sites (tertiary alicyclic amines) is 1. The molecule has 0 radical (unpaired) electrons. The number of primary amides is 1. The summed E-state index contributed by atoms with van der Waals surface area (Å²) in [7, 11) is 1.67. The molecular formula is C21H30N4O4. The van der Waals surface area contributed by atoms with E-state index < -0.39 is 17.5 Å². The Kier molecular flexibility index (Phi) is 6.54. The third-order valence-electron chi connectivity index (χ3n) is 6.06. The molecule has 2 aliphatic heterocycles. The Bertz CT molecular complexity index is 746. The molecule has 158 valence electrons. The molecule has 1 aromatic rings. The molecule has 8 heteroatoms. The van der Waals surface area contributed by atoms with E-state index in [9.17, 15) is 14.4 Å². The number of nitrogens with two attached hydrogens (primary N) is 1. The van der Waals surface area contributed by atoms with Crippen LogP contribution in [-0.4, -0.2) is 84.0 Å². The lowest BCUT2D eigenvalue weighted by Crippen LogP contribution is -2.58. The molecule has 1 aromatic carbocycles. The van der Waals surface area contributed by atoms with Crippen LogP contribution in [0.25, 0.3) is 0 Å². The molecule has 2 fully saturated rings. The van der Waals surface area contributed by atoms with E-state index in [1.807, 2.05) is 30.3 Å². The van der Waals surface area contributed by atoms with E-state index in [2.05, 4.69) is 11.8 Å². The highest BCUT2D eigenvalue weighted by molar-refractivity contribution is 6.09. The molecule has 3 rings (SSSR count). The summed E-state index contributed by atoms with van der Waals surface area (Å²) in [6.45, 7) is 4.15. The van der Waals surface area contributed by atoms with Crippen LogP contribution in [0.5, 0.6) is 0 Å². The van der Waals surface area contributed by atoms with Crippen molar-refractivity contribution in [1.82, 2.24) is 14.7 Å². The first-order valence-electron chi connectivity index (χ1n) is 10.1. The summed E-state index contributed by atoms with van der Waals surface area (Å²) >= 11 is 0. The van der Waals surface area contributed by atoms with Crippen molar-refractivity contribution in [2.75, 3.05) is 39.9 Å². The number of amides is 4. The predicted octanol–water partition coefficient (Wildman–Crippen LogP) is 0.848. The van der Waals surface area contributed by atoms with Crippen molar-refractivity contribution in [1.29, 1.82) is 0 Å². The summed E-state index contributed by atoms with van der Waals surface area (Å²) in [5, 5.41) is 0. The lowest BCUT2D eigenvalue weighted by atomic mass is 9.85. The van der Waals surface area contributed by atoms with Crippen molar-refractivity contribution in [2.45, 2.75) is 37.8 Å². The van der Waals surface area contributed by atoms with Gasteiger partial charge in [0.2, 0.25) is 5.91 Å². The number of benzene rings is 1. The Labute approximate surface area is 171 Å². The van der Waals surface area contributed by atoms with E-state index in [0.29, 0.717) is 45.5 Å². The van der Waals surface area contributed by atoms with E-state index in [-0.39, 0.29) is 18.5 Å². The van der Waals surface area contributed by atoms with Gasteiger partial charge in [0.1, 0.15) is 12.1 Å². The lowest BCUT2D eigenvalue weighted by Gasteiger charge is -2.44. The first-order valence-corrected chi connectivity index (χ1v) is 10.1. The number of ether oxygens (including phenoxy) is 1. The number of methoxy groups -OCH3 is 1. The van der Waals surface area contributed by atoms with Crippen LogP contribution in [0.1, 0.15) is 25.3 Å². The number of hydrogen-bond donors (Lipinski definition) is 1. The first kappa shape index (κ1) is 21.3. The number of urea groups is 1. The number of nitrogens with zero attached hydrogens (tertiary/aromatic N) is 3. The molecule has 0 aromatic heterocycles. The summed E-state index contributed by atoms with van der Waals surface area (Å²) in [4.78, 5) is 42.7. The zero-order valence-corrected chi connectivity index (χ0v) is 17.2. The molecule has 1 spiro atoms. The van der Waals surface area contributed by atoms with Crippen LogP contribution < -0.4 is 5.73 Å². The minimum atomic E-state index is -0.898. The summed E-state index contributed by atoms with van der Waals surface area (Å²) in [5.74, 6) is -0.980. The lowest BCUT2D eigenvalue weighted by molar-refractivity contribution is -0.138. The average Bonchev–Trinajstić information content (AvgIpc) is 2.89. The quantitative estimate of drug-likeness (QED) is 0.651. The van der Waals surface area contributed by atoms with E-state index >= 15 is 0 Å². The molecule has 8 nitrogen and oxygen atoms in total. The maximum atomic E-state index is 13.3. The topological polar surface area (TPSA) is 96.2 Å². The molecule has 2 N–H and O–H groups in total. The molecule has 2 aliphatic rings. The largest absolute Gasteiger partial charge is 0.383 e. The van der Waals surface area contributed by atoms with E-state index in [0.717, 1.165) is 10.5 Å². The van der Waals surface area contributed by atoms with Crippen LogP contribution in [0.3, 0.4) is 0 Å². The van der Waals surface area contributed by atoms with Crippen molar-refractivity contribution < 1.29 is 19.1 Å². The van der Waals surface area contributed by atoms with E-state index in [1.54, 1.807) is 12.0 Å². The van der Waals surface area contributed by atoms with Crippen molar-refractivity contribution in [3.63, 3.8) is 0 Å². The molecule has 2 saturated heterocycles. The van der Waals surface area contributed by atoms with E-state index in [4.69, 9.17) is 10.5 Å². The Morgan fingerprint density at radius 1 is 1.21 bits per heavy atom. The second-order valence-corrected chi connectivity index (χ2v) is 7.90. The second kappa shape index (κ2) is 8.92. The highest BCUT2D eigenvalue weighted by Gasteiger charge is 2.58. The van der Waals surface area contributed by atoms with Gasteiger partial charge in [0.15, 0.2) is 0 Å². The van der Waals surface area contributed by atoms with Gasteiger partial charge in [-0.2, -0.15) is 0 Å². The van der Waals surface area contributed by atoms with Gasteiger partial charge in [-0.25, -0.2) is 4.79 Å². The van der Waals surface area contributed by atoms with Crippen LogP contribution in [0.4, 0.5) is 4.79 Å². The third-order valence-corrected chi connectivity index (χ3v) is 6.06. The van der Waals surface area contributed by atoms with Crippen molar-refractivity contribution in [2.24, 2.45) is 5.73 Å². The summed E-state index contributed by atoms with van der Waals surface area (Å²) in [5.41, 5.74) is 5.50. The molecule has 2 heterocycles. The van der Waals surface area contributed by atoms with Gasteiger partial charge in [-0.15, -0.1) is 0 Å². The van der Waals surface area contributed by atoms with Gasteiger partial charge in [-0.1, -0.05) is 30.3 Å². The van der Waals surface area contributed by atoms with Crippen molar-refractivity contribution >= 4 is 17.8 Å². The number of imide groups is 1. The highest BCUT2D eigenvalue weighted by atomic mass is 16.5. The fraction of sp³-hybridized carbons (Fsp3) is 0.571. The standard InChI is InChI=1S/C21H30N4O4/c1-16(15-29-2)23-12-9-21(10-13-23)19(27)24(14-18(22)26)20(28)25(21)11-8-17-6-4-3-5-7-17/h3-7,16H,8-15H2,1-2H3,(H2,22,26). The van der Waals surface area contributed by atoms with Gasteiger partial charge in [0.05, 0.1) is 6.61 Å².